The Labute approximate surface area is 157 Å². The first kappa shape index (κ1) is 18.1. The van der Waals surface area contributed by atoms with Crippen LogP contribution < -0.4 is 25.6 Å². The summed E-state index contributed by atoms with van der Waals surface area (Å²) in [7, 11) is 0. The van der Waals surface area contributed by atoms with Crippen LogP contribution in [0.4, 0.5) is 16.2 Å². The van der Waals surface area contributed by atoms with Crippen molar-refractivity contribution in [3.05, 3.63) is 73.1 Å². The van der Waals surface area contributed by atoms with Crippen LogP contribution in [0.3, 0.4) is 0 Å². The Morgan fingerprint density at radius 2 is 1.70 bits per heavy atom. The number of hydrogen-bond acceptors (Lipinski definition) is 5. The lowest BCUT2D eigenvalue weighted by Gasteiger charge is -2.12. The van der Waals surface area contributed by atoms with E-state index < -0.39 is 0 Å². The highest BCUT2D eigenvalue weighted by atomic mass is 16.5. The van der Waals surface area contributed by atoms with Gasteiger partial charge in [0.05, 0.1) is 12.3 Å². The summed E-state index contributed by atoms with van der Waals surface area (Å²) < 4.78 is 11.1. The van der Waals surface area contributed by atoms with E-state index in [0.717, 1.165) is 5.75 Å². The van der Waals surface area contributed by atoms with Gasteiger partial charge in [0.2, 0.25) is 0 Å². The minimum Gasteiger partial charge on any atom is -0.494 e. The quantitative estimate of drug-likeness (QED) is 0.541. The van der Waals surface area contributed by atoms with Gasteiger partial charge in [0, 0.05) is 24.1 Å². The van der Waals surface area contributed by atoms with Crippen molar-refractivity contribution in [3.63, 3.8) is 0 Å². The zero-order chi connectivity index (χ0) is 18.9. The average molecular weight is 364 g/mol. The lowest BCUT2D eigenvalue weighted by molar-refractivity contribution is 0.254. The molecule has 0 radical (unpaired) electrons. The van der Waals surface area contributed by atoms with Crippen molar-refractivity contribution in [2.45, 2.75) is 6.92 Å². The number of pyridine rings is 1. The Bertz CT molecular complexity index is 870. The summed E-state index contributed by atoms with van der Waals surface area (Å²) in [5, 5.41) is 2.73. The number of amides is 2. The van der Waals surface area contributed by atoms with Crippen LogP contribution >= 0.6 is 0 Å². The topological polar surface area (TPSA) is 84.5 Å². The van der Waals surface area contributed by atoms with E-state index in [1.165, 1.54) is 0 Å². The van der Waals surface area contributed by atoms with E-state index in [9.17, 15) is 4.79 Å². The van der Waals surface area contributed by atoms with Crippen LogP contribution in [0.1, 0.15) is 6.92 Å². The largest absolute Gasteiger partial charge is 0.494 e. The van der Waals surface area contributed by atoms with Crippen LogP contribution in [0.25, 0.3) is 0 Å². The number of urea groups is 1. The lowest BCUT2D eigenvalue weighted by atomic mass is 10.3. The molecule has 0 aliphatic heterocycles. The number of carbonyl (C=O) groups excluding carboxylic acids is 1. The van der Waals surface area contributed by atoms with Crippen LogP contribution in [-0.2, 0) is 0 Å². The molecule has 3 N–H and O–H groups in total. The number of hydrogen-bond donors (Lipinski definition) is 3. The second-order valence-electron chi connectivity index (χ2n) is 5.47. The second-order valence-corrected chi connectivity index (χ2v) is 5.47. The van der Waals surface area contributed by atoms with Gasteiger partial charge in [-0.1, -0.05) is 6.07 Å². The average Bonchev–Trinajstić information content (AvgIpc) is 2.69. The Morgan fingerprint density at radius 3 is 2.44 bits per heavy atom. The number of benzene rings is 2. The zero-order valence-corrected chi connectivity index (χ0v) is 14.8. The van der Waals surface area contributed by atoms with Crippen molar-refractivity contribution in [3.8, 4) is 17.2 Å². The fourth-order valence-electron chi connectivity index (χ4n) is 2.27. The molecule has 0 aliphatic carbocycles. The van der Waals surface area contributed by atoms with E-state index in [1.807, 2.05) is 25.1 Å². The maximum atomic E-state index is 12.0. The predicted molar refractivity (Wildman–Crippen MR) is 104 cm³/mol. The smallest absolute Gasteiger partial charge is 0.337 e. The van der Waals surface area contributed by atoms with Gasteiger partial charge in [-0.2, -0.15) is 0 Å². The summed E-state index contributed by atoms with van der Waals surface area (Å²) in [6.07, 6.45) is 3.31. The van der Waals surface area contributed by atoms with Crippen LogP contribution in [0.2, 0.25) is 0 Å². The van der Waals surface area contributed by atoms with E-state index in [4.69, 9.17) is 9.47 Å². The number of anilines is 2. The summed E-state index contributed by atoms with van der Waals surface area (Å²) >= 11 is 0. The monoisotopic (exact) mass is 364 g/mol. The molecule has 0 atom stereocenters. The minimum atomic E-state index is -0.389. The van der Waals surface area contributed by atoms with Gasteiger partial charge in [-0.15, -0.1) is 0 Å². The molecule has 0 unspecified atom stereocenters. The Hall–Kier alpha value is -3.74. The molecule has 138 valence electrons. The first-order valence-corrected chi connectivity index (χ1v) is 8.47. The fourth-order valence-corrected chi connectivity index (χ4v) is 2.27. The Morgan fingerprint density at radius 1 is 0.926 bits per heavy atom. The van der Waals surface area contributed by atoms with Crippen LogP contribution in [0.15, 0.2) is 73.1 Å². The van der Waals surface area contributed by atoms with E-state index >= 15 is 0 Å². The van der Waals surface area contributed by atoms with Crippen molar-refractivity contribution in [1.29, 1.82) is 0 Å². The van der Waals surface area contributed by atoms with Crippen molar-refractivity contribution in [2.24, 2.45) is 0 Å². The molecule has 1 aromatic heterocycles. The van der Waals surface area contributed by atoms with Crippen LogP contribution in [-0.4, -0.2) is 17.6 Å². The molecular weight excluding hydrogens is 344 g/mol. The van der Waals surface area contributed by atoms with Gasteiger partial charge in [-0.3, -0.25) is 15.8 Å². The molecule has 0 saturated heterocycles. The highest BCUT2D eigenvalue weighted by molar-refractivity contribution is 5.90. The van der Waals surface area contributed by atoms with E-state index in [-0.39, 0.29) is 6.03 Å². The third kappa shape index (κ3) is 5.64. The van der Waals surface area contributed by atoms with Gasteiger partial charge in [-0.25, -0.2) is 4.79 Å². The molecule has 2 amide bonds. The SMILES string of the molecule is CCOc1ccc(NC(=O)NNc2cccc(Oc3ccncc3)c2)cc1. The normalized spacial score (nSPS) is 9.96. The molecule has 0 fully saturated rings. The third-order valence-corrected chi connectivity index (χ3v) is 3.46. The number of aromatic nitrogens is 1. The van der Waals surface area contributed by atoms with Gasteiger partial charge in [-0.05, 0) is 55.5 Å². The van der Waals surface area contributed by atoms with E-state index in [1.54, 1.807) is 54.9 Å². The molecule has 27 heavy (non-hydrogen) atoms. The first-order valence-electron chi connectivity index (χ1n) is 8.47. The third-order valence-electron chi connectivity index (χ3n) is 3.46. The molecule has 2 aromatic carbocycles. The van der Waals surface area contributed by atoms with Gasteiger partial charge >= 0.3 is 6.03 Å². The van der Waals surface area contributed by atoms with E-state index in [0.29, 0.717) is 29.5 Å². The summed E-state index contributed by atoms with van der Waals surface area (Å²) in [5.41, 5.74) is 6.77. The van der Waals surface area contributed by atoms with Gasteiger partial charge in [0.15, 0.2) is 0 Å². The molecule has 0 spiro atoms. The second kappa shape index (κ2) is 9.10. The molecular formula is C20H20N4O3. The molecule has 7 heteroatoms. The minimum absolute atomic E-state index is 0.389. The molecule has 0 saturated carbocycles. The van der Waals surface area contributed by atoms with Crippen molar-refractivity contribution >= 4 is 17.4 Å². The number of rotatable bonds is 7. The predicted octanol–water partition coefficient (Wildman–Crippen LogP) is 4.42. The number of ether oxygens (including phenoxy) is 2. The maximum Gasteiger partial charge on any atom is 0.337 e. The van der Waals surface area contributed by atoms with Gasteiger partial charge in [0.1, 0.15) is 17.2 Å². The molecule has 1 heterocycles. The standard InChI is InChI=1S/C20H20N4O3/c1-2-26-17-8-6-15(7-9-17)22-20(25)24-23-16-4-3-5-19(14-16)27-18-10-12-21-13-11-18/h3-14,23H,2H2,1H3,(H2,22,24,25). The number of carbonyl (C=O) groups is 1. The van der Waals surface area contributed by atoms with Crippen molar-refractivity contribution in [1.82, 2.24) is 10.4 Å². The summed E-state index contributed by atoms with van der Waals surface area (Å²) in [5.74, 6) is 2.08. The molecule has 7 nitrogen and oxygen atoms in total. The highest BCUT2D eigenvalue weighted by Gasteiger charge is 2.03. The lowest BCUT2D eigenvalue weighted by Crippen LogP contribution is -2.33. The van der Waals surface area contributed by atoms with Gasteiger partial charge < -0.3 is 14.8 Å². The highest BCUT2D eigenvalue weighted by Crippen LogP contribution is 2.23. The molecule has 0 aliphatic rings. The summed E-state index contributed by atoms with van der Waals surface area (Å²) in [6, 6.07) is 17.5. The van der Waals surface area contributed by atoms with E-state index in [2.05, 4.69) is 21.2 Å². The van der Waals surface area contributed by atoms with Crippen molar-refractivity contribution in [2.75, 3.05) is 17.3 Å². The molecule has 3 aromatic rings. The van der Waals surface area contributed by atoms with Crippen LogP contribution in [0.5, 0.6) is 17.2 Å². The molecule has 0 bridgehead atoms. The van der Waals surface area contributed by atoms with Crippen molar-refractivity contribution < 1.29 is 14.3 Å². The summed E-state index contributed by atoms with van der Waals surface area (Å²) in [6.45, 7) is 2.52. The Balaban J connectivity index is 1.52. The first-order chi connectivity index (χ1) is 13.2. The number of nitrogens with one attached hydrogen (secondary N) is 3. The summed E-state index contributed by atoms with van der Waals surface area (Å²) in [4.78, 5) is 16.0. The Kier molecular flexibility index (Phi) is 6.08. The number of hydrazine groups is 1. The molecule has 3 rings (SSSR count). The maximum absolute atomic E-state index is 12.0. The van der Waals surface area contributed by atoms with Gasteiger partial charge in [0.25, 0.3) is 0 Å². The number of nitrogens with zero attached hydrogens (tertiary/aromatic N) is 1. The fraction of sp³-hybridized carbons (Fsp3) is 0.100. The van der Waals surface area contributed by atoms with Crippen LogP contribution in [0, 0.1) is 0 Å². The zero-order valence-electron chi connectivity index (χ0n) is 14.8.